The second-order valence-corrected chi connectivity index (χ2v) is 8.35. The number of esters is 1. The van der Waals surface area contributed by atoms with Crippen LogP contribution in [0, 0.1) is 0 Å². The Morgan fingerprint density at radius 3 is 2.29 bits per heavy atom. The van der Waals surface area contributed by atoms with E-state index in [2.05, 4.69) is 0 Å². The molecule has 0 saturated carbocycles. The van der Waals surface area contributed by atoms with Crippen LogP contribution in [0.3, 0.4) is 0 Å². The standard InChI is InChI=1S/C23H24O11/c1-8(25)33-7-14-19(29)21(31)22(32)23(34-14)16-10-4-9(6-24)5-13(28)15(10)20(30)18-12(27)3-2-11(26)17(16)18/h2-5,14,16,19,21-24,26-29,31-32H,6-7H2,1H3/t14-,16-,19+,21-,22+,23-/m0/s1. The van der Waals surface area contributed by atoms with Crippen LogP contribution in [0.2, 0.25) is 0 Å². The fourth-order valence-electron chi connectivity index (χ4n) is 4.66. The Hall–Kier alpha value is -3.22. The van der Waals surface area contributed by atoms with Crippen LogP contribution in [0.15, 0.2) is 24.3 Å². The highest BCUT2D eigenvalue weighted by molar-refractivity contribution is 6.16. The van der Waals surface area contributed by atoms with E-state index in [1.165, 1.54) is 12.1 Å². The van der Waals surface area contributed by atoms with Crippen LogP contribution < -0.4 is 0 Å². The summed E-state index contributed by atoms with van der Waals surface area (Å²) in [6.07, 6.45) is -7.89. The van der Waals surface area contributed by atoms with Crippen molar-refractivity contribution in [2.24, 2.45) is 0 Å². The number of hydrogen-bond acceptors (Lipinski definition) is 11. The first-order valence-electron chi connectivity index (χ1n) is 10.5. The van der Waals surface area contributed by atoms with Crippen molar-refractivity contribution >= 4 is 11.8 Å². The van der Waals surface area contributed by atoms with E-state index in [9.17, 15) is 45.3 Å². The van der Waals surface area contributed by atoms with Crippen LogP contribution in [0.5, 0.6) is 17.2 Å². The van der Waals surface area contributed by atoms with Crippen molar-refractivity contribution in [1.82, 2.24) is 0 Å². The molecule has 182 valence electrons. The number of phenolic OH excluding ortho intramolecular Hbond substituents is 3. The molecule has 0 amide bonds. The smallest absolute Gasteiger partial charge is 0.302 e. The lowest BCUT2D eigenvalue weighted by molar-refractivity contribution is -0.234. The van der Waals surface area contributed by atoms with Gasteiger partial charge in [0.15, 0.2) is 0 Å². The van der Waals surface area contributed by atoms with Gasteiger partial charge in [-0.3, -0.25) is 9.59 Å². The van der Waals surface area contributed by atoms with E-state index in [4.69, 9.17) is 9.47 Å². The molecular formula is C23H24O11. The Balaban J connectivity index is 1.93. The van der Waals surface area contributed by atoms with E-state index >= 15 is 0 Å². The largest absolute Gasteiger partial charge is 0.508 e. The van der Waals surface area contributed by atoms with Gasteiger partial charge in [-0.15, -0.1) is 0 Å². The molecular weight excluding hydrogens is 452 g/mol. The number of benzene rings is 2. The van der Waals surface area contributed by atoms with Crippen molar-refractivity contribution < 1.29 is 54.8 Å². The minimum atomic E-state index is -1.77. The van der Waals surface area contributed by atoms with Gasteiger partial charge in [0.1, 0.15) is 48.3 Å². The van der Waals surface area contributed by atoms with E-state index in [0.29, 0.717) is 0 Å². The lowest BCUT2D eigenvalue weighted by Crippen LogP contribution is -2.60. The molecule has 1 fully saturated rings. The number of fused-ring (bicyclic) bond motifs is 2. The lowest BCUT2D eigenvalue weighted by atomic mass is 9.71. The van der Waals surface area contributed by atoms with Gasteiger partial charge in [-0.1, -0.05) is 6.07 Å². The maximum absolute atomic E-state index is 13.2. The van der Waals surface area contributed by atoms with Gasteiger partial charge in [0.25, 0.3) is 0 Å². The molecule has 7 N–H and O–H groups in total. The first-order chi connectivity index (χ1) is 16.1. The van der Waals surface area contributed by atoms with Crippen LogP contribution in [0.1, 0.15) is 45.5 Å². The van der Waals surface area contributed by atoms with Crippen molar-refractivity contribution in [2.45, 2.75) is 50.0 Å². The number of hydrogen-bond donors (Lipinski definition) is 7. The number of rotatable bonds is 4. The number of ketones is 1. The molecule has 2 aromatic carbocycles. The molecule has 2 aromatic rings. The number of phenols is 3. The highest BCUT2D eigenvalue weighted by atomic mass is 16.6. The number of aliphatic hydroxyl groups is 4. The highest BCUT2D eigenvalue weighted by Gasteiger charge is 2.51. The molecule has 0 unspecified atom stereocenters. The second kappa shape index (κ2) is 8.85. The lowest BCUT2D eigenvalue weighted by Gasteiger charge is -2.45. The topological polar surface area (TPSA) is 194 Å². The molecule has 0 bridgehead atoms. The predicted molar refractivity (Wildman–Crippen MR) is 112 cm³/mol. The summed E-state index contributed by atoms with van der Waals surface area (Å²) in [6, 6.07) is 4.76. The average molecular weight is 476 g/mol. The summed E-state index contributed by atoms with van der Waals surface area (Å²) in [5.74, 6) is -4.16. The Bertz CT molecular complexity index is 1140. The summed E-state index contributed by atoms with van der Waals surface area (Å²) in [4.78, 5) is 24.5. The van der Waals surface area contributed by atoms with Gasteiger partial charge in [0, 0.05) is 18.4 Å². The van der Waals surface area contributed by atoms with Crippen molar-refractivity contribution in [1.29, 1.82) is 0 Å². The molecule has 34 heavy (non-hydrogen) atoms. The van der Waals surface area contributed by atoms with Gasteiger partial charge < -0.3 is 45.2 Å². The molecule has 4 rings (SSSR count). The number of carbonyl (C=O) groups excluding carboxylic acids is 2. The summed E-state index contributed by atoms with van der Waals surface area (Å²) in [6.45, 7) is 0.165. The normalized spacial score (nSPS) is 28.2. The van der Waals surface area contributed by atoms with Crippen molar-refractivity contribution in [3.8, 4) is 17.2 Å². The first kappa shape index (κ1) is 23.9. The summed E-state index contributed by atoms with van der Waals surface area (Å²) in [5.41, 5.74) is -0.451. The van der Waals surface area contributed by atoms with Crippen LogP contribution in [-0.2, 0) is 20.9 Å². The zero-order chi connectivity index (χ0) is 24.9. The molecule has 6 atom stereocenters. The third-order valence-corrected chi connectivity index (χ3v) is 6.22. The second-order valence-electron chi connectivity index (χ2n) is 8.35. The van der Waals surface area contributed by atoms with E-state index in [1.807, 2.05) is 0 Å². The monoisotopic (exact) mass is 476 g/mol. The number of ether oxygens (including phenoxy) is 2. The number of aromatic hydroxyl groups is 3. The van der Waals surface area contributed by atoms with Gasteiger partial charge >= 0.3 is 5.97 Å². The van der Waals surface area contributed by atoms with E-state index < -0.39 is 78.7 Å². The zero-order valence-electron chi connectivity index (χ0n) is 18.0. The molecule has 11 heteroatoms. The summed E-state index contributed by atoms with van der Waals surface area (Å²) in [7, 11) is 0. The third-order valence-electron chi connectivity index (χ3n) is 6.22. The van der Waals surface area contributed by atoms with Crippen molar-refractivity contribution in [2.75, 3.05) is 6.61 Å². The SMILES string of the molecule is CC(=O)OC[C@@H]1O[C@@H]([C@H]2c3cc(CO)cc(O)c3C(=O)c3c(O)ccc(O)c32)[C@H](O)[C@@H](O)[C@@H]1O. The molecule has 1 aliphatic carbocycles. The van der Waals surface area contributed by atoms with Gasteiger partial charge in [0.2, 0.25) is 5.78 Å². The fourth-order valence-corrected chi connectivity index (χ4v) is 4.66. The summed E-state index contributed by atoms with van der Waals surface area (Å²) < 4.78 is 10.7. The van der Waals surface area contributed by atoms with Crippen LogP contribution in [0.25, 0.3) is 0 Å². The number of carbonyl (C=O) groups is 2. The average Bonchev–Trinajstić information content (AvgIpc) is 2.79. The molecule has 1 aliphatic heterocycles. The van der Waals surface area contributed by atoms with Gasteiger partial charge in [-0.25, -0.2) is 0 Å². The van der Waals surface area contributed by atoms with E-state index in [-0.39, 0.29) is 27.8 Å². The molecule has 1 heterocycles. The Morgan fingerprint density at radius 1 is 0.971 bits per heavy atom. The van der Waals surface area contributed by atoms with Gasteiger partial charge in [-0.05, 0) is 29.3 Å². The van der Waals surface area contributed by atoms with Crippen molar-refractivity contribution in [3.63, 3.8) is 0 Å². The minimum Gasteiger partial charge on any atom is -0.508 e. The maximum atomic E-state index is 13.2. The number of aliphatic hydroxyl groups excluding tert-OH is 4. The Morgan fingerprint density at radius 2 is 1.65 bits per heavy atom. The maximum Gasteiger partial charge on any atom is 0.302 e. The van der Waals surface area contributed by atoms with Crippen LogP contribution >= 0.6 is 0 Å². The molecule has 0 aromatic heterocycles. The summed E-state index contributed by atoms with van der Waals surface area (Å²) >= 11 is 0. The molecule has 2 aliphatic rings. The molecule has 1 saturated heterocycles. The van der Waals surface area contributed by atoms with Crippen LogP contribution in [0.4, 0.5) is 0 Å². The third kappa shape index (κ3) is 3.77. The van der Waals surface area contributed by atoms with Gasteiger partial charge in [0.05, 0.1) is 23.8 Å². The Labute approximate surface area is 193 Å². The molecule has 0 spiro atoms. The quantitative estimate of drug-likeness (QED) is 0.220. The first-order valence-corrected chi connectivity index (χ1v) is 10.5. The predicted octanol–water partition coefficient (Wildman–Crippen LogP) is -0.615. The zero-order valence-corrected chi connectivity index (χ0v) is 18.0. The molecule has 11 nitrogen and oxygen atoms in total. The van der Waals surface area contributed by atoms with Gasteiger partial charge in [-0.2, -0.15) is 0 Å². The molecule has 0 radical (unpaired) electrons. The fraction of sp³-hybridized carbons (Fsp3) is 0.391. The highest BCUT2D eigenvalue weighted by Crippen LogP contribution is 2.50. The van der Waals surface area contributed by atoms with Crippen molar-refractivity contribution in [3.05, 3.63) is 52.1 Å². The van der Waals surface area contributed by atoms with E-state index in [1.54, 1.807) is 0 Å². The van der Waals surface area contributed by atoms with Crippen LogP contribution in [-0.4, -0.2) is 84.6 Å². The Kier molecular flexibility index (Phi) is 6.23. The summed E-state index contributed by atoms with van der Waals surface area (Å²) in [5, 5.41) is 73.0. The van der Waals surface area contributed by atoms with E-state index in [0.717, 1.165) is 19.1 Å². The minimum absolute atomic E-state index is 0.0568.